The Morgan fingerprint density at radius 2 is 2.17 bits per heavy atom. The summed E-state index contributed by atoms with van der Waals surface area (Å²) < 4.78 is 0. The number of amides is 2. The van der Waals surface area contributed by atoms with E-state index in [9.17, 15) is 14.7 Å². The van der Waals surface area contributed by atoms with Crippen molar-refractivity contribution in [1.29, 1.82) is 0 Å². The van der Waals surface area contributed by atoms with E-state index >= 15 is 0 Å². The fourth-order valence-electron chi connectivity index (χ4n) is 2.44. The Morgan fingerprint density at radius 1 is 1.50 bits per heavy atom. The van der Waals surface area contributed by atoms with Gasteiger partial charge >= 0.3 is 12.0 Å². The first-order chi connectivity index (χ1) is 8.40. The normalized spacial score (nSPS) is 22.6. The number of thioether (sulfide) groups is 1. The lowest BCUT2D eigenvalue weighted by Gasteiger charge is -2.43. The summed E-state index contributed by atoms with van der Waals surface area (Å²) in [5, 5.41) is 12.1. The van der Waals surface area contributed by atoms with Gasteiger partial charge in [0.1, 0.15) is 6.04 Å². The third-order valence-electron chi connectivity index (χ3n) is 3.35. The molecule has 6 heteroatoms. The van der Waals surface area contributed by atoms with Crippen molar-refractivity contribution < 1.29 is 14.7 Å². The maximum atomic E-state index is 12.0. The summed E-state index contributed by atoms with van der Waals surface area (Å²) in [5.41, 5.74) is -0.374. The predicted molar refractivity (Wildman–Crippen MR) is 72.9 cm³/mol. The predicted octanol–water partition coefficient (Wildman–Crippen LogP) is 1.63. The van der Waals surface area contributed by atoms with Crippen LogP contribution in [0.4, 0.5) is 4.79 Å². The second kappa shape index (κ2) is 6.31. The molecule has 1 atom stereocenters. The molecule has 1 unspecified atom stereocenters. The number of hydrogen-bond acceptors (Lipinski definition) is 3. The molecule has 0 radical (unpaired) electrons. The Morgan fingerprint density at radius 3 is 2.72 bits per heavy atom. The van der Waals surface area contributed by atoms with Crippen molar-refractivity contribution in [3.05, 3.63) is 0 Å². The standard InChI is InChI=1S/C12H22N2O3S/c1-12(2)5-4-7-14(9(12)10(15)16)11(17)13-6-8-18-3/h9H,4-8H2,1-3H3,(H,13,17)(H,15,16). The number of carboxylic acids is 1. The fourth-order valence-corrected chi connectivity index (χ4v) is 2.75. The van der Waals surface area contributed by atoms with Gasteiger partial charge in [-0.3, -0.25) is 0 Å². The highest BCUT2D eigenvalue weighted by Gasteiger charge is 2.44. The van der Waals surface area contributed by atoms with Crippen molar-refractivity contribution in [3.63, 3.8) is 0 Å². The van der Waals surface area contributed by atoms with Crippen molar-refractivity contribution in [2.45, 2.75) is 32.7 Å². The molecule has 1 rings (SSSR count). The van der Waals surface area contributed by atoms with Gasteiger partial charge in [0.15, 0.2) is 0 Å². The molecule has 0 aliphatic carbocycles. The number of carbonyl (C=O) groups is 2. The van der Waals surface area contributed by atoms with Gasteiger partial charge in [0.2, 0.25) is 0 Å². The Balaban J connectivity index is 2.72. The maximum Gasteiger partial charge on any atom is 0.327 e. The number of rotatable bonds is 4. The Bertz CT molecular complexity index is 320. The lowest BCUT2D eigenvalue weighted by molar-refractivity contribution is -0.148. The number of likely N-dealkylation sites (tertiary alicyclic amines) is 1. The largest absolute Gasteiger partial charge is 0.480 e. The smallest absolute Gasteiger partial charge is 0.327 e. The molecule has 0 spiro atoms. The van der Waals surface area contributed by atoms with Crippen molar-refractivity contribution in [2.24, 2.45) is 5.41 Å². The first kappa shape index (κ1) is 15.1. The third-order valence-corrected chi connectivity index (χ3v) is 3.96. The molecule has 1 heterocycles. The summed E-state index contributed by atoms with van der Waals surface area (Å²) in [7, 11) is 0. The van der Waals surface area contributed by atoms with E-state index in [1.165, 1.54) is 4.90 Å². The van der Waals surface area contributed by atoms with Crippen LogP contribution >= 0.6 is 11.8 Å². The number of nitrogens with one attached hydrogen (secondary N) is 1. The van der Waals surface area contributed by atoms with E-state index in [2.05, 4.69) is 5.32 Å². The first-order valence-electron chi connectivity index (χ1n) is 6.16. The molecule has 0 saturated carbocycles. The van der Waals surface area contributed by atoms with Gasteiger partial charge in [-0.05, 0) is 24.5 Å². The van der Waals surface area contributed by atoms with E-state index in [0.717, 1.165) is 18.6 Å². The molecule has 18 heavy (non-hydrogen) atoms. The number of hydrogen-bond donors (Lipinski definition) is 2. The monoisotopic (exact) mass is 274 g/mol. The summed E-state index contributed by atoms with van der Waals surface area (Å²) in [6.07, 6.45) is 3.65. The van der Waals surface area contributed by atoms with Crippen LogP contribution in [-0.4, -0.2) is 53.1 Å². The zero-order valence-corrected chi connectivity index (χ0v) is 12.0. The Hall–Kier alpha value is -0.910. The molecule has 104 valence electrons. The molecule has 1 aliphatic heterocycles. The molecule has 0 aromatic heterocycles. The molecule has 0 bridgehead atoms. The maximum absolute atomic E-state index is 12.0. The molecule has 0 aromatic rings. The fraction of sp³-hybridized carbons (Fsp3) is 0.833. The zero-order valence-electron chi connectivity index (χ0n) is 11.2. The summed E-state index contributed by atoms with van der Waals surface area (Å²) in [4.78, 5) is 24.9. The minimum Gasteiger partial charge on any atom is -0.480 e. The molecular formula is C12H22N2O3S. The highest BCUT2D eigenvalue weighted by atomic mass is 32.2. The van der Waals surface area contributed by atoms with Crippen LogP contribution in [0.2, 0.25) is 0 Å². The number of carboxylic acid groups (broad SMARTS) is 1. The number of aliphatic carboxylic acids is 1. The molecule has 1 aliphatic rings. The van der Waals surface area contributed by atoms with Crippen LogP contribution in [0.5, 0.6) is 0 Å². The SMILES string of the molecule is CSCCNC(=O)N1CCCC(C)(C)C1C(=O)O. The minimum atomic E-state index is -0.917. The second-order valence-electron chi connectivity index (χ2n) is 5.25. The molecule has 2 amide bonds. The summed E-state index contributed by atoms with van der Waals surface area (Å²) in [6.45, 7) is 4.91. The van der Waals surface area contributed by atoms with Crippen LogP contribution in [-0.2, 0) is 4.79 Å². The summed E-state index contributed by atoms with van der Waals surface area (Å²) in [6, 6.07) is -0.996. The topological polar surface area (TPSA) is 69.6 Å². The first-order valence-corrected chi connectivity index (χ1v) is 7.56. The molecular weight excluding hydrogens is 252 g/mol. The van der Waals surface area contributed by atoms with Crippen LogP contribution in [0.25, 0.3) is 0 Å². The molecule has 1 fully saturated rings. The zero-order chi connectivity index (χ0) is 13.8. The highest BCUT2D eigenvalue weighted by Crippen LogP contribution is 2.35. The Labute approximate surface area is 112 Å². The van der Waals surface area contributed by atoms with Crippen LogP contribution in [0, 0.1) is 5.41 Å². The third kappa shape index (κ3) is 3.54. The quantitative estimate of drug-likeness (QED) is 0.765. The van der Waals surface area contributed by atoms with Gasteiger partial charge in [0.25, 0.3) is 0 Å². The Kier molecular flexibility index (Phi) is 5.31. The van der Waals surface area contributed by atoms with Crippen LogP contribution in [0.3, 0.4) is 0 Å². The van der Waals surface area contributed by atoms with E-state index < -0.39 is 12.0 Å². The number of urea groups is 1. The molecule has 5 nitrogen and oxygen atoms in total. The molecule has 1 saturated heterocycles. The van der Waals surface area contributed by atoms with Gasteiger partial charge in [-0.1, -0.05) is 13.8 Å². The summed E-state index contributed by atoms with van der Waals surface area (Å²) >= 11 is 1.65. The number of piperidine rings is 1. The second-order valence-corrected chi connectivity index (χ2v) is 6.24. The van der Waals surface area contributed by atoms with Crippen LogP contribution in [0.15, 0.2) is 0 Å². The van der Waals surface area contributed by atoms with E-state index in [1.807, 2.05) is 20.1 Å². The van der Waals surface area contributed by atoms with Gasteiger partial charge in [-0.2, -0.15) is 11.8 Å². The van der Waals surface area contributed by atoms with Gasteiger partial charge in [0, 0.05) is 18.8 Å². The average Bonchev–Trinajstić information content (AvgIpc) is 2.26. The summed E-state index contributed by atoms with van der Waals surface area (Å²) in [5.74, 6) is -0.0829. The minimum absolute atomic E-state index is 0.260. The van der Waals surface area contributed by atoms with Crippen molar-refractivity contribution in [2.75, 3.05) is 25.1 Å². The lowest BCUT2D eigenvalue weighted by Crippen LogP contribution is -2.58. The van der Waals surface area contributed by atoms with Crippen molar-refractivity contribution >= 4 is 23.8 Å². The van der Waals surface area contributed by atoms with E-state index in [-0.39, 0.29) is 11.4 Å². The average molecular weight is 274 g/mol. The van der Waals surface area contributed by atoms with Gasteiger partial charge in [0.05, 0.1) is 0 Å². The number of nitrogens with zero attached hydrogens (tertiary/aromatic N) is 1. The van der Waals surface area contributed by atoms with E-state index in [0.29, 0.717) is 13.1 Å². The lowest BCUT2D eigenvalue weighted by atomic mass is 9.76. The van der Waals surface area contributed by atoms with Crippen LogP contribution < -0.4 is 5.32 Å². The number of carbonyl (C=O) groups excluding carboxylic acids is 1. The molecule has 2 N–H and O–H groups in total. The van der Waals surface area contributed by atoms with Gasteiger partial charge in [-0.25, -0.2) is 9.59 Å². The highest BCUT2D eigenvalue weighted by molar-refractivity contribution is 7.98. The molecule has 0 aromatic carbocycles. The van der Waals surface area contributed by atoms with E-state index in [4.69, 9.17) is 0 Å². The van der Waals surface area contributed by atoms with Crippen LogP contribution in [0.1, 0.15) is 26.7 Å². The van der Waals surface area contributed by atoms with E-state index in [1.54, 1.807) is 11.8 Å². The van der Waals surface area contributed by atoms with Crippen molar-refractivity contribution in [3.8, 4) is 0 Å². The van der Waals surface area contributed by atoms with Gasteiger partial charge < -0.3 is 15.3 Å². The van der Waals surface area contributed by atoms with Gasteiger partial charge in [-0.15, -0.1) is 0 Å². The van der Waals surface area contributed by atoms with Crippen molar-refractivity contribution in [1.82, 2.24) is 10.2 Å².